The van der Waals surface area contributed by atoms with Gasteiger partial charge in [-0.2, -0.15) is 0 Å². The van der Waals surface area contributed by atoms with Gasteiger partial charge in [0.05, 0.1) is 0 Å². The summed E-state index contributed by atoms with van der Waals surface area (Å²) in [4.78, 5) is 0. The predicted molar refractivity (Wildman–Crippen MR) is 57.3 cm³/mol. The van der Waals surface area contributed by atoms with E-state index in [9.17, 15) is 0 Å². The maximum absolute atomic E-state index is 4.66. The van der Waals surface area contributed by atoms with Gasteiger partial charge >= 0.3 is 0 Å². The van der Waals surface area contributed by atoms with Crippen LogP contribution in [-0.2, 0) is 6.54 Å². The van der Waals surface area contributed by atoms with E-state index in [0.717, 1.165) is 23.9 Å². The predicted octanol–water partition coefficient (Wildman–Crippen LogP) is 2.05. The molecule has 0 amide bonds. The summed E-state index contributed by atoms with van der Waals surface area (Å²) in [7, 11) is 0. The lowest BCUT2D eigenvalue weighted by atomic mass is 10.00. The van der Waals surface area contributed by atoms with Crippen LogP contribution in [0.3, 0.4) is 0 Å². The first kappa shape index (κ1) is 10.6. The summed E-state index contributed by atoms with van der Waals surface area (Å²) in [5, 5.41) is 11.1. The van der Waals surface area contributed by atoms with Gasteiger partial charge in [0.25, 0.3) is 0 Å². The van der Waals surface area contributed by atoms with Crippen LogP contribution in [-0.4, -0.2) is 16.4 Å². The maximum atomic E-state index is 4.66. The first-order valence-corrected chi connectivity index (χ1v) is 5.79. The number of aryl methyl sites for hydroxylation is 1. The molecule has 0 bridgehead atoms. The van der Waals surface area contributed by atoms with E-state index < -0.39 is 0 Å². The minimum atomic E-state index is 0.573. The van der Waals surface area contributed by atoms with Gasteiger partial charge in [-0.1, -0.05) is 23.2 Å². The fourth-order valence-electron chi connectivity index (χ4n) is 2.29. The topological polar surface area (TPSA) is 51.0 Å². The van der Waals surface area contributed by atoms with Gasteiger partial charge in [-0.05, 0) is 32.6 Å². The molecule has 1 N–H and O–H groups in total. The Balaban J connectivity index is 1.80. The van der Waals surface area contributed by atoms with Crippen molar-refractivity contribution in [2.45, 2.75) is 52.1 Å². The summed E-state index contributed by atoms with van der Waals surface area (Å²) in [6.45, 7) is 4.96. The first-order valence-electron chi connectivity index (χ1n) is 5.79. The second-order valence-corrected chi connectivity index (χ2v) is 4.51. The van der Waals surface area contributed by atoms with Crippen molar-refractivity contribution in [2.24, 2.45) is 5.92 Å². The molecule has 0 radical (unpaired) electrons. The van der Waals surface area contributed by atoms with Gasteiger partial charge in [0.2, 0.25) is 0 Å². The molecule has 1 aromatic rings. The molecule has 15 heavy (non-hydrogen) atoms. The zero-order chi connectivity index (χ0) is 10.7. The van der Waals surface area contributed by atoms with Crippen molar-refractivity contribution < 1.29 is 4.63 Å². The van der Waals surface area contributed by atoms with Crippen molar-refractivity contribution in [3.63, 3.8) is 0 Å². The molecule has 84 valence electrons. The fourth-order valence-corrected chi connectivity index (χ4v) is 2.29. The van der Waals surface area contributed by atoms with E-state index in [0.29, 0.717) is 6.04 Å². The molecule has 1 fully saturated rings. The number of rotatable bonds is 4. The Morgan fingerprint density at radius 2 is 2.13 bits per heavy atom. The maximum Gasteiger partial charge on any atom is 0.121 e. The van der Waals surface area contributed by atoms with Crippen molar-refractivity contribution in [3.05, 3.63) is 11.4 Å². The molecule has 0 spiro atoms. The Morgan fingerprint density at radius 1 is 1.40 bits per heavy atom. The quantitative estimate of drug-likeness (QED) is 0.824. The van der Waals surface area contributed by atoms with Gasteiger partial charge in [-0.15, -0.1) is 0 Å². The molecule has 2 rings (SSSR count). The molecular weight excluding hydrogens is 190 g/mol. The molecule has 0 aromatic carbocycles. The monoisotopic (exact) mass is 209 g/mol. The Morgan fingerprint density at radius 3 is 2.73 bits per heavy atom. The molecular formula is C11H19N3O. The molecule has 4 heteroatoms. The highest BCUT2D eigenvalue weighted by Crippen LogP contribution is 2.27. The average molecular weight is 209 g/mol. The minimum Gasteiger partial charge on any atom is -0.308 e. The minimum absolute atomic E-state index is 0.573. The number of nitrogens with zero attached hydrogens (tertiary/aromatic N) is 2. The fraction of sp³-hybridized carbons (Fsp3) is 0.818. The molecule has 1 heterocycles. The third kappa shape index (κ3) is 2.56. The summed E-state index contributed by atoms with van der Waals surface area (Å²) in [6.07, 6.45) is 5.51. The van der Waals surface area contributed by atoms with Crippen LogP contribution in [0.15, 0.2) is 4.63 Å². The van der Waals surface area contributed by atoms with Gasteiger partial charge in [-0.25, -0.2) is 4.63 Å². The lowest BCUT2D eigenvalue weighted by molar-refractivity contribution is 0.298. The summed E-state index contributed by atoms with van der Waals surface area (Å²) in [6, 6.07) is 0.573. The Kier molecular flexibility index (Phi) is 3.36. The molecule has 0 aliphatic heterocycles. The van der Waals surface area contributed by atoms with E-state index in [2.05, 4.69) is 27.2 Å². The SMILES string of the molecule is Cc1nonc1CN[C@@H](C)C1CCCC1. The summed E-state index contributed by atoms with van der Waals surface area (Å²) in [5.41, 5.74) is 1.82. The van der Waals surface area contributed by atoms with Crippen LogP contribution in [0.5, 0.6) is 0 Å². The second-order valence-electron chi connectivity index (χ2n) is 4.51. The van der Waals surface area contributed by atoms with Crippen LogP contribution in [0.25, 0.3) is 0 Å². The van der Waals surface area contributed by atoms with Crippen LogP contribution in [0.1, 0.15) is 44.0 Å². The van der Waals surface area contributed by atoms with E-state index >= 15 is 0 Å². The molecule has 0 unspecified atom stereocenters. The van der Waals surface area contributed by atoms with Crippen LogP contribution >= 0.6 is 0 Å². The van der Waals surface area contributed by atoms with Crippen LogP contribution in [0.2, 0.25) is 0 Å². The van der Waals surface area contributed by atoms with Crippen molar-refractivity contribution in [3.8, 4) is 0 Å². The second kappa shape index (κ2) is 4.75. The third-order valence-electron chi connectivity index (χ3n) is 3.44. The molecule has 0 saturated heterocycles. The van der Waals surface area contributed by atoms with Gasteiger partial charge in [-0.3, -0.25) is 0 Å². The average Bonchev–Trinajstić information content (AvgIpc) is 2.85. The van der Waals surface area contributed by atoms with E-state index in [4.69, 9.17) is 0 Å². The van der Waals surface area contributed by atoms with Crippen molar-refractivity contribution in [1.29, 1.82) is 0 Å². The molecule has 1 aliphatic carbocycles. The van der Waals surface area contributed by atoms with E-state index in [1.807, 2.05) is 6.92 Å². The normalized spacial score (nSPS) is 19.6. The third-order valence-corrected chi connectivity index (χ3v) is 3.44. The largest absolute Gasteiger partial charge is 0.308 e. The Labute approximate surface area is 90.4 Å². The lowest BCUT2D eigenvalue weighted by Gasteiger charge is -2.19. The highest BCUT2D eigenvalue weighted by Gasteiger charge is 2.21. The van der Waals surface area contributed by atoms with E-state index in [1.54, 1.807) is 0 Å². The summed E-state index contributed by atoms with van der Waals surface area (Å²) in [5.74, 6) is 0.838. The number of nitrogens with one attached hydrogen (secondary N) is 1. The van der Waals surface area contributed by atoms with E-state index in [1.165, 1.54) is 25.7 Å². The smallest absolute Gasteiger partial charge is 0.121 e. The lowest BCUT2D eigenvalue weighted by Crippen LogP contribution is -2.32. The standard InChI is InChI=1S/C11H19N3O/c1-8(10-5-3-4-6-10)12-7-11-9(2)13-15-14-11/h8,10,12H,3-7H2,1-2H3/t8-/m0/s1. The van der Waals surface area contributed by atoms with Crippen LogP contribution in [0.4, 0.5) is 0 Å². The number of aromatic nitrogens is 2. The molecule has 1 saturated carbocycles. The highest BCUT2D eigenvalue weighted by molar-refractivity contribution is 5.04. The summed E-state index contributed by atoms with van der Waals surface area (Å²) < 4.78 is 4.66. The molecule has 1 atom stereocenters. The van der Waals surface area contributed by atoms with Gasteiger partial charge in [0.15, 0.2) is 0 Å². The van der Waals surface area contributed by atoms with Gasteiger partial charge in [0, 0.05) is 12.6 Å². The van der Waals surface area contributed by atoms with Gasteiger partial charge < -0.3 is 5.32 Å². The first-order chi connectivity index (χ1) is 7.27. The highest BCUT2D eigenvalue weighted by atomic mass is 16.6. The number of hydrogen-bond acceptors (Lipinski definition) is 4. The van der Waals surface area contributed by atoms with Crippen LogP contribution in [0, 0.1) is 12.8 Å². The Bertz CT molecular complexity index is 305. The van der Waals surface area contributed by atoms with Crippen LogP contribution < -0.4 is 5.32 Å². The van der Waals surface area contributed by atoms with Crippen molar-refractivity contribution >= 4 is 0 Å². The molecule has 4 nitrogen and oxygen atoms in total. The van der Waals surface area contributed by atoms with Crippen molar-refractivity contribution in [2.75, 3.05) is 0 Å². The molecule has 1 aliphatic rings. The van der Waals surface area contributed by atoms with Gasteiger partial charge in [0.1, 0.15) is 11.4 Å². The Hall–Kier alpha value is -0.900. The zero-order valence-electron chi connectivity index (χ0n) is 9.49. The number of hydrogen-bond donors (Lipinski definition) is 1. The summed E-state index contributed by atoms with van der Waals surface area (Å²) >= 11 is 0. The zero-order valence-corrected chi connectivity index (χ0v) is 9.49. The molecule has 1 aromatic heterocycles. The van der Waals surface area contributed by atoms with E-state index in [-0.39, 0.29) is 0 Å². The van der Waals surface area contributed by atoms with Crippen molar-refractivity contribution in [1.82, 2.24) is 15.6 Å².